The van der Waals surface area contributed by atoms with Crippen molar-refractivity contribution in [1.82, 2.24) is 9.24 Å². The molecule has 0 aliphatic rings. The van der Waals surface area contributed by atoms with Crippen LogP contribution in [0.25, 0.3) is 21.8 Å². The molecule has 0 atom stereocenters. The van der Waals surface area contributed by atoms with Gasteiger partial charge >= 0.3 is 0 Å². The largest absolute Gasteiger partial charge is 0.302 e. The standard InChI is InChI=1S/C24H19N3O/c28-24-21(25-27-15-14-19-10-4-7-13-23(19)27)16-20-11-5-6-12-22(20)26(24)17-18-8-2-1-3-9-18/h1-16,25H,17H2. The SMILES string of the molecule is O=c1c(Nn2ccc3ccccc32)cc2ccccc2n1Cc1ccccc1. The topological polar surface area (TPSA) is 39.0 Å². The maximum atomic E-state index is 13.3. The number of benzene rings is 3. The third kappa shape index (κ3) is 2.85. The summed E-state index contributed by atoms with van der Waals surface area (Å²) >= 11 is 0. The van der Waals surface area contributed by atoms with Crippen molar-refractivity contribution in [3.63, 3.8) is 0 Å². The lowest BCUT2D eigenvalue weighted by Gasteiger charge is -2.15. The third-order valence-electron chi connectivity index (χ3n) is 5.03. The molecule has 0 radical (unpaired) electrons. The summed E-state index contributed by atoms with van der Waals surface area (Å²) < 4.78 is 3.73. The number of fused-ring (bicyclic) bond motifs is 2. The molecule has 136 valence electrons. The molecule has 5 rings (SSSR count). The first-order chi connectivity index (χ1) is 13.8. The second-order valence-corrected chi connectivity index (χ2v) is 6.85. The Balaban J connectivity index is 1.65. The van der Waals surface area contributed by atoms with Crippen molar-refractivity contribution in [2.24, 2.45) is 0 Å². The summed E-state index contributed by atoms with van der Waals surface area (Å²) in [7, 11) is 0. The molecule has 3 aromatic carbocycles. The van der Waals surface area contributed by atoms with E-state index in [-0.39, 0.29) is 5.56 Å². The van der Waals surface area contributed by atoms with Gasteiger partial charge in [-0.05, 0) is 29.8 Å². The molecular weight excluding hydrogens is 346 g/mol. The molecule has 5 aromatic rings. The molecule has 0 aliphatic heterocycles. The van der Waals surface area contributed by atoms with E-state index >= 15 is 0 Å². The van der Waals surface area contributed by atoms with Crippen molar-refractivity contribution in [3.8, 4) is 0 Å². The molecule has 0 saturated heterocycles. The lowest BCUT2D eigenvalue weighted by molar-refractivity contribution is 0.792. The monoisotopic (exact) mass is 365 g/mol. The number of para-hydroxylation sites is 2. The maximum absolute atomic E-state index is 13.3. The van der Waals surface area contributed by atoms with Gasteiger partial charge in [0.1, 0.15) is 5.69 Å². The van der Waals surface area contributed by atoms with Crippen molar-refractivity contribution < 1.29 is 0 Å². The van der Waals surface area contributed by atoms with Crippen LogP contribution in [0.15, 0.2) is 102 Å². The fourth-order valence-corrected chi connectivity index (χ4v) is 3.64. The van der Waals surface area contributed by atoms with Gasteiger partial charge in [-0.15, -0.1) is 0 Å². The Labute approximate surface area is 162 Å². The molecule has 0 aliphatic carbocycles. The molecule has 28 heavy (non-hydrogen) atoms. The van der Waals surface area contributed by atoms with Crippen LogP contribution in [0.5, 0.6) is 0 Å². The number of rotatable bonds is 4. The van der Waals surface area contributed by atoms with E-state index in [1.807, 2.05) is 100 Å². The third-order valence-corrected chi connectivity index (χ3v) is 5.03. The molecule has 4 heteroatoms. The fraction of sp³-hybridized carbons (Fsp3) is 0.0417. The summed E-state index contributed by atoms with van der Waals surface area (Å²) in [6, 6.07) is 30.1. The van der Waals surface area contributed by atoms with E-state index < -0.39 is 0 Å². The Morgan fingerprint density at radius 1 is 0.714 bits per heavy atom. The smallest absolute Gasteiger partial charge is 0.276 e. The molecule has 0 amide bonds. The van der Waals surface area contributed by atoms with Crippen molar-refractivity contribution in [2.45, 2.75) is 6.54 Å². The molecule has 2 aromatic heterocycles. The molecule has 2 heterocycles. The maximum Gasteiger partial charge on any atom is 0.276 e. The second-order valence-electron chi connectivity index (χ2n) is 6.85. The fourth-order valence-electron chi connectivity index (χ4n) is 3.64. The quantitative estimate of drug-likeness (QED) is 0.493. The minimum absolute atomic E-state index is 0.0414. The lowest BCUT2D eigenvalue weighted by Crippen LogP contribution is -2.26. The summed E-state index contributed by atoms with van der Waals surface area (Å²) in [4.78, 5) is 13.3. The van der Waals surface area contributed by atoms with Crippen LogP contribution in [0.1, 0.15) is 5.56 Å². The zero-order valence-corrected chi connectivity index (χ0v) is 15.2. The first kappa shape index (κ1) is 16.4. The predicted octanol–water partition coefficient (Wildman–Crippen LogP) is 4.88. The van der Waals surface area contributed by atoms with Gasteiger partial charge in [0.15, 0.2) is 0 Å². The lowest BCUT2D eigenvalue weighted by atomic mass is 10.1. The van der Waals surface area contributed by atoms with Gasteiger partial charge in [0, 0.05) is 17.0 Å². The first-order valence-electron chi connectivity index (χ1n) is 9.29. The van der Waals surface area contributed by atoms with E-state index in [4.69, 9.17) is 0 Å². The van der Waals surface area contributed by atoms with Gasteiger partial charge in [-0.1, -0.05) is 66.7 Å². The number of hydrogen-bond acceptors (Lipinski definition) is 2. The molecule has 0 unspecified atom stereocenters. The molecule has 0 fully saturated rings. The summed E-state index contributed by atoms with van der Waals surface area (Å²) in [6.45, 7) is 0.530. The summed E-state index contributed by atoms with van der Waals surface area (Å²) in [5.41, 5.74) is 6.86. The highest BCUT2D eigenvalue weighted by molar-refractivity contribution is 5.83. The number of pyridine rings is 1. The van der Waals surface area contributed by atoms with E-state index in [2.05, 4.69) is 11.5 Å². The van der Waals surface area contributed by atoms with E-state index in [9.17, 15) is 4.79 Å². The van der Waals surface area contributed by atoms with Crippen LogP contribution in [-0.2, 0) is 6.54 Å². The van der Waals surface area contributed by atoms with Crippen LogP contribution in [0.4, 0.5) is 5.69 Å². The van der Waals surface area contributed by atoms with Crippen molar-refractivity contribution in [2.75, 3.05) is 5.43 Å². The Bertz CT molecular complexity index is 1330. The van der Waals surface area contributed by atoms with Gasteiger partial charge in [-0.2, -0.15) is 0 Å². The Morgan fingerprint density at radius 3 is 2.21 bits per heavy atom. The first-order valence-corrected chi connectivity index (χ1v) is 9.29. The van der Waals surface area contributed by atoms with E-state index in [0.717, 1.165) is 27.4 Å². The highest BCUT2D eigenvalue weighted by Gasteiger charge is 2.11. The van der Waals surface area contributed by atoms with Crippen molar-refractivity contribution in [1.29, 1.82) is 0 Å². The predicted molar refractivity (Wildman–Crippen MR) is 115 cm³/mol. The Hall–Kier alpha value is -3.79. The average molecular weight is 365 g/mol. The van der Waals surface area contributed by atoms with Gasteiger partial charge < -0.3 is 4.57 Å². The summed E-state index contributed by atoms with van der Waals surface area (Å²) in [5.74, 6) is 0. The molecule has 0 bridgehead atoms. The number of hydrogen-bond donors (Lipinski definition) is 1. The minimum Gasteiger partial charge on any atom is -0.302 e. The Kier molecular flexibility index (Phi) is 3.95. The minimum atomic E-state index is -0.0414. The number of nitrogens with zero attached hydrogens (tertiary/aromatic N) is 2. The second kappa shape index (κ2) is 6.74. The van der Waals surface area contributed by atoms with Crippen molar-refractivity contribution in [3.05, 3.63) is 113 Å². The normalized spacial score (nSPS) is 11.1. The molecule has 1 N–H and O–H groups in total. The number of aromatic nitrogens is 2. The van der Waals surface area contributed by atoms with Crippen LogP contribution >= 0.6 is 0 Å². The highest BCUT2D eigenvalue weighted by atomic mass is 16.1. The van der Waals surface area contributed by atoms with Gasteiger partial charge in [-0.3, -0.25) is 14.9 Å². The van der Waals surface area contributed by atoms with Crippen LogP contribution in [0, 0.1) is 0 Å². The van der Waals surface area contributed by atoms with Gasteiger partial charge in [0.05, 0.1) is 17.6 Å². The molecular formula is C24H19N3O. The van der Waals surface area contributed by atoms with Gasteiger partial charge in [0.25, 0.3) is 5.56 Å². The summed E-state index contributed by atoms with van der Waals surface area (Å²) in [6.07, 6.45) is 1.95. The highest BCUT2D eigenvalue weighted by Crippen LogP contribution is 2.19. The zero-order valence-electron chi connectivity index (χ0n) is 15.2. The van der Waals surface area contributed by atoms with Gasteiger partial charge in [-0.25, -0.2) is 0 Å². The Morgan fingerprint density at radius 2 is 1.39 bits per heavy atom. The molecule has 0 saturated carbocycles. The van der Waals surface area contributed by atoms with Crippen LogP contribution in [0.3, 0.4) is 0 Å². The molecule has 4 nitrogen and oxygen atoms in total. The molecule has 0 spiro atoms. The van der Waals surface area contributed by atoms with Gasteiger partial charge in [0.2, 0.25) is 0 Å². The van der Waals surface area contributed by atoms with E-state index in [1.165, 1.54) is 0 Å². The number of anilines is 1. The number of nitrogens with one attached hydrogen (secondary N) is 1. The van der Waals surface area contributed by atoms with Crippen LogP contribution in [-0.4, -0.2) is 9.24 Å². The van der Waals surface area contributed by atoms with Crippen molar-refractivity contribution >= 4 is 27.5 Å². The van der Waals surface area contributed by atoms with Crippen LogP contribution < -0.4 is 11.0 Å². The zero-order chi connectivity index (χ0) is 18.9. The van der Waals surface area contributed by atoms with Crippen LogP contribution in [0.2, 0.25) is 0 Å². The van der Waals surface area contributed by atoms with E-state index in [0.29, 0.717) is 12.2 Å². The average Bonchev–Trinajstić information content (AvgIpc) is 3.15. The summed E-state index contributed by atoms with van der Waals surface area (Å²) in [5, 5.41) is 2.15. The van der Waals surface area contributed by atoms with E-state index in [1.54, 1.807) is 0 Å².